The number of aliphatic hydroxyl groups is 1. The summed E-state index contributed by atoms with van der Waals surface area (Å²) in [7, 11) is -1.61. The first-order valence-electron chi connectivity index (χ1n) is 8.96. The largest absolute Gasteiger partial charge is 0.392 e. The second-order valence-corrected chi connectivity index (χ2v) is 11.3. The Morgan fingerprint density at radius 2 is 1.31 bits per heavy atom. The number of rotatable bonds is 4. The maximum Gasteiger partial charge on any atom is 0.134 e. The lowest BCUT2D eigenvalue weighted by atomic mass is 9.84. The number of hydrogen-bond donors (Lipinski definition) is 1. The van der Waals surface area contributed by atoms with Gasteiger partial charge in [0.15, 0.2) is 0 Å². The van der Waals surface area contributed by atoms with E-state index in [9.17, 15) is 5.11 Å². The second kappa shape index (κ2) is 7.91. The molecule has 0 heterocycles. The molecular weight excluding hydrogens is 400 g/mol. The third-order valence-corrected chi connectivity index (χ3v) is 9.24. The minimum atomic E-state index is -1.61. The minimum absolute atomic E-state index is 0.0424. The van der Waals surface area contributed by atoms with Gasteiger partial charge in [0.25, 0.3) is 0 Å². The average molecular weight is 425 g/mol. The normalized spacial score (nSPS) is 11.8. The van der Waals surface area contributed by atoms with E-state index in [0.717, 1.165) is 10.0 Å². The number of benzene rings is 3. The van der Waals surface area contributed by atoms with Gasteiger partial charge in [0.05, 0.1) is 6.61 Å². The van der Waals surface area contributed by atoms with Crippen LogP contribution in [0.25, 0.3) is 0 Å². The van der Waals surface area contributed by atoms with Crippen LogP contribution in [0.3, 0.4) is 0 Å². The van der Waals surface area contributed by atoms with Crippen molar-refractivity contribution in [2.45, 2.75) is 32.8 Å². The van der Waals surface area contributed by atoms with Crippen molar-refractivity contribution in [1.29, 1.82) is 0 Å². The molecule has 0 radical (unpaired) electrons. The maximum absolute atomic E-state index is 9.86. The summed E-state index contributed by atoms with van der Waals surface area (Å²) in [6, 6.07) is 25.9. The number of halogens is 1. The van der Waals surface area contributed by atoms with Crippen molar-refractivity contribution < 1.29 is 5.11 Å². The van der Waals surface area contributed by atoms with Crippen LogP contribution in [0.5, 0.6) is 0 Å². The molecule has 0 aliphatic carbocycles. The van der Waals surface area contributed by atoms with Crippen LogP contribution < -0.4 is 15.6 Å². The van der Waals surface area contributed by atoms with Crippen molar-refractivity contribution in [1.82, 2.24) is 0 Å². The molecule has 26 heavy (non-hydrogen) atoms. The summed E-state index contributed by atoms with van der Waals surface area (Å²) in [5.41, 5.74) is 2.17. The zero-order valence-electron chi connectivity index (χ0n) is 15.5. The molecule has 0 saturated heterocycles. The van der Waals surface area contributed by atoms with Crippen LogP contribution in [0.2, 0.25) is 0 Å². The molecule has 0 aromatic heterocycles. The fourth-order valence-corrected chi connectivity index (χ4v) is 8.31. The highest BCUT2D eigenvalue weighted by Gasteiger charge is 2.27. The first-order chi connectivity index (χ1) is 12.4. The van der Waals surface area contributed by atoms with Gasteiger partial charge in [0, 0.05) is 4.47 Å². The lowest BCUT2D eigenvalue weighted by Crippen LogP contribution is -2.52. The Morgan fingerprint density at radius 1 is 0.808 bits per heavy atom. The molecule has 0 atom stereocenters. The van der Waals surface area contributed by atoms with Crippen LogP contribution in [0, 0.1) is 0 Å². The van der Waals surface area contributed by atoms with Crippen molar-refractivity contribution in [3.63, 3.8) is 0 Å². The molecular formula is C23H25BrOSi. The molecule has 1 nitrogen and oxygen atoms in total. The van der Waals surface area contributed by atoms with E-state index in [1.54, 1.807) is 0 Å². The predicted octanol–water partition coefficient (Wildman–Crippen LogP) is 3.49. The van der Waals surface area contributed by atoms with Gasteiger partial charge in [-0.15, -0.1) is 0 Å². The van der Waals surface area contributed by atoms with Gasteiger partial charge < -0.3 is 5.11 Å². The van der Waals surface area contributed by atoms with Gasteiger partial charge in [-0.25, -0.2) is 0 Å². The summed E-state index contributed by atoms with van der Waals surface area (Å²) in [4.78, 5) is 0. The van der Waals surface area contributed by atoms with Crippen molar-refractivity contribution in [2.75, 3.05) is 0 Å². The summed E-state index contributed by atoms with van der Waals surface area (Å²) >= 11 is 3.93. The predicted molar refractivity (Wildman–Crippen MR) is 118 cm³/mol. The van der Waals surface area contributed by atoms with Gasteiger partial charge in [-0.1, -0.05) is 120 Å². The molecule has 3 aromatic carbocycles. The lowest BCUT2D eigenvalue weighted by molar-refractivity contribution is 0.278. The van der Waals surface area contributed by atoms with Crippen LogP contribution in [-0.4, -0.2) is 13.9 Å². The van der Waals surface area contributed by atoms with Gasteiger partial charge >= 0.3 is 0 Å². The van der Waals surface area contributed by atoms with Crippen LogP contribution >= 0.6 is 15.9 Å². The molecule has 134 valence electrons. The zero-order valence-corrected chi connectivity index (χ0v) is 18.3. The average Bonchev–Trinajstić information content (AvgIpc) is 2.64. The lowest BCUT2D eigenvalue weighted by Gasteiger charge is -2.28. The molecule has 0 aliphatic rings. The van der Waals surface area contributed by atoms with E-state index in [2.05, 4.69) is 109 Å². The molecule has 0 fully saturated rings. The molecule has 0 bridgehead atoms. The summed E-state index contributed by atoms with van der Waals surface area (Å²) < 4.78 is 1.15. The van der Waals surface area contributed by atoms with Gasteiger partial charge in [-0.05, 0) is 21.7 Å². The van der Waals surface area contributed by atoms with E-state index < -0.39 is 8.80 Å². The van der Waals surface area contributed by atoms with Gasteiger partial charge in [0.1, 0.15) is 8.80 Å². The summed E-state index contributed by atoms with van der Waals surface area (Å²) in [6.45, 7) is 6.68. The third-order valence-electron chi connectivity index (χ3n) is 4.76. The third kappa shape index (κ3) is 3.85. The van der Waals surface area contributed by atoms with E-state index in [1.807, 2.05) is 0 Å². The zero-order chi connectivity index (χ0) is 18.7. The molecule has 1 N–H and O–H groups in total. The van der Waals surface area contributed by atoms with E-state index in [1.165, 1.54) is 21.1 Å². The van der Waals surface area contributed by atoms with E-state index in [4.69, 9.17) is 0 Å². The van der Waals surface area contributed by atoms with Crippen LogP contribution in [0.15, 0.2) is 77.3 Å². The van der Waals surface area contributed by atoms with Gasteiger partial charge in [-0.2, -0.15) is 0 Å². The van der Waals surface area contributed by atoms with Crippen molar-refractivity contribution >= 4 is 40.3 Å². The molecule has 0 unspecified atom stereocenters. The highest BCUT2D eigenvalue weighted by Crippen LogP contribution is 2.32. The topological polar surface area (TPSA) is 20.2 Å². The van der Waals surface area contributed by atoms with E-state index in [0.29, 0.717) is 0 Å². The fourth-order valence-electron chi connectivity index (χ4n) is 3.64. The van der Waals surface area contributed by atoms with Crippen molar-refractivity contribution in [3.8, 4) is 0 Å². The SMILES string of the molecule is CC(C)(C)c1c(CO)ccc([SiH](c2ccccc2)c2ccccc2)c1Br. The monoisotopic (exact) mass is 424 g/mol. The Balaban J connectivity index is 2.26. The number of hydrogen-bond acceptors (Lipinski definition) is 1. The Hall–Kier alpha value is -1.68. The quantitative estimate of drug-likeness (QED) is 0.501. The smallest absolute Gasteiger partial charge is 0.134 e. The first-order valence-corrected chi connectivity index (χ1v) is 11.5. The minimum Gasteiger partial charge on any atom is -0.392 e. The number of aliphatic hydroxyl groups excluding tert-OH is 1. The summed E-state index contributed by atoms with van der Waals surface area (Å²) in [6.07, 6.45) is 0. The van der Waals surface area contributed by atoms with Crippen molar-refractivity contribution in [3.05, 3.63) is 88.4 Å². The standard InChI is InChI=1S/C23H25BrOSi/c1-23(2,3)21-17(16-25)14-15-20(22(21)24)26(18-10-6-4-7-11-18)19-12-8-5-9-13-19/h4-15,25-26H,16H2,1-3H3. The fraction of sp³-hybridized carbons (Fsp3) is 0.217. The molecule has 0 saturated carbocycles. The maximum atomic E-state index is 9.86. The Kier molecular flexibility index (Phi) is 5.81. The molecule has 0 spiro atoms. The van der Waals surface area contributed by atoms with Crippen LogP contribution in [0.1, 0.15) is 31.9 Å². The Bertz CT molecular complexity index is 830. The summed E-state index contributed by atoms with van der Waals surface area (Å²) in [5.74, 6) is 0. The molecule has 3 aromatic rings. The highest BCUT2D eigenvalue weighted by molar-refractivity contribution is 9.10. The Labute approximate surface area is 166 Å². The Morgan fingerprint density at radius 3 is 1.73 bits per heavy atom. The molecule has 0 amide bonds. The molecule has 0 aliphatic heterocycles. The van der Waals surface area contributed by atoms with Gasteiger partial charge in [-0.3, -0.25) is 0 Å². The van der Waals surface area contributed by atoms with Crippen LogP contribution in [-0.2, 0) is 12.0 Å². The van der Waals surface area contributed by atoms with Crippen LogP contribution in [0.4, 0.5) is 0 Å². The van der Waals surface area contributed by atoms with Gasteiger partial charge in [0.2, 0.25) is 0 Å². The summed E-state index contributed by atoms with van der Waals surface area (Å²) in [5, 5.41) is 14.0. The molecule has 3 rings (SSSR count). The van der Waals surface area contributed by atoms with E-state index >= 15 is 0 Å². The van der Waals surface area contributed by atoms with Crippen molar-refractivity contribution in [2.24, 2.45) is 0 Å². The van der Waals surface area contributed by atoms with E-state index in [-0.39, 0.29) is 12.0 Å². The highest BCUT2D eigenvalue weighted by atomic mass is 79.9. The first kappa shape index (κ1) is 19.1. The molecule has 3 heteroatoms. The second-order valence-electron chi connectivity index (χ2n) is 7.67.